The maximum atomic E-state index is 5.82. The zero-order chi connectivity index (χ0) is 13.9. The lowest BCUT2D eigenvalue weighted by Crippen LogP contribution is -2.22. The van der Waals surface area contributed by atoms with Crippen molar-refractivity contribution in [1.82, 2.24) is 4.90 Å². The molecule has 2 heterocycles. The molecule has 1 aromatic heterocycles. The van der Waals surface area contributed by atoms with Crippen molar-refractivity contribution in [1.29, 1.82) is 0 Å². The fourth-order valence-electron chi connectivity index (χ4n) is 2.99. The zero-order valence-electron chi connectivity index (χ0n) is 12.1. The minimum Gasteiger partial charge on any atom is -0.465 e. The Bertz CT molecular complexity index is 588. The lowest BCUT2D eigenvalue weighted by Gasteiger charge is -2.18. The quantitative estimate of drug-likeness (QED) is 0.932. The number of fused-ring (bicyclic) bond motifs is 1. The third kappa shape index (κ3) is 2.79. The Morgan fingerprint density at radius 2 is 2.05 bits per heavy atom. The van der Waals surface area contributed by atoms with Crippen LogP contribution < -0.4 is 5.73 Å². The van der Waals surface area contributed by atoms with Crippen LogP contribution >= 0.6 is 0 Å². The minimum absolute atomic E-state index is 0.554. The first-order valence-electron chi connectivity index (χ1n) is 7.33. The van der Waals surface area contributed by atoms with Crippen molar-refractivity contribution in [3.05, 3.63) is 58.5 Å². The lowest BCUT2D eigenvalue weighted by atomic mass is 10.0. The van der Waals surface area contributed by atoms with Crippen LogP contribution in [0.3, 0.4) is 0 Å². The van der Waals surface area contributed by atoms with Crippen LogP contribution in [0.25, 0.3) is 0 Å². The molecule has 3 nitrogen and oxygen atoms in total. The average molecular weight is 270 g/mol. The van der Waals surface area contributed by atoms with Gasteiger partial charge in [-0.2, -0.15) is 0 Å². The second-order valence-electron chi connectivity index (χ2n) is 5.58. The summed E-state index contributed by atoms with van der Waals surface area (Å²) in [4.78, 5) is 2.46. The monoisotopic (exact) mass is 270 g/mol. The summed E-state index contributed by atoms with van der Waals surface area (Å²) in [6.45, 7) is 5.54. The molecule has 0 saturated heterocycles. The second-order valence-corrected chi connectivity index (χ2v) is 5.58. The summed E-state index contributed by atoms with van der Waals surface area (Å²) in [5.74, 6) is 1.99. The van der Waals surface area contributed by atoms with Gasteiger partial charge in [0, 0.05) is 18.7 Å². The van der Waals surface area contributed by atoms with Crippen molar-refractivity contribution >= 4 is 0 Å². The van der Waals surface area contributed by atoms with Crippen molar-refractivity contribution in [2.24, 2.45) is 5.73 Å². The number of nitrogens with zero attached hydrogens (tertiary/aromatic N) is 1. The molecule has 0 radical (unpaired) electrons. The molecule has 2 N–H and O–H groups in total. The summed E-state index contributed by atoms with van der Waals surface area (Å²) in [6.07, 6.45) is 2.39. The first kappa shape index (κ1) is 13.4. The fourth-order valence-corrected chi connectivity index (χ4v) is 2.99. The van der Waals surface area contributed by atoms with Gasteiger partial charge in [0.05, 0.1) is 6.54 Å². The number of benzene rings is 1. The van der Waals surface area contributed by atoms with Gasteiger partial charge in [0.1, 0.15) is 11.5 Å². The van der Waals surface area contributed by atoms with Gasteiger partial charge in [-0.05, 0) is 43.5 Å². The highest BCUT2D eigenvalue weighted by molar-refractivity contribution is 5.28. The molecule has 0 spiro atoms. The van der Waals surface area contributed by atoms with Gasteiger partial charge in [0.25, 0.3) is 0 Å². The van der Waals surface area contributed by atoms with E-state index >= 15 is 0 Å². The van der Waals surface area contributed by atoms with Crippen molar-refractivity contribution in [2.45, 2.75) is 39.4 Å². The van der Waals surface area contributed by atoms with Gasteiger partial charge in [-0.15, -0.1) is 0 Å². The number of rotatable bonds is 3. The summed E-state index contributed by atoms with van der Waals surface area (Å²) in [7, 11) is 0. The highest BCUT2D eigenvalue weighted by Gasteiger charge is 2.16. The molecule has 0 fully saturated rings. The van der Waals surface area contributed by atoms with Gasteiger partial charge in [0.15, 0.2) is 0 Å². The van der Waals surface area contributed by atoms with Crippen molar-refractivity contribution in [2.75, 3.05) is 6.54 Å². The number of nitrogens with two attached hydrogens (primary N) is 1. The smallest absolute Gasteiger partial charge is 0.118 e. The maximum Gasteiger partial charge on any atom is 0.118 e. The summed E-state index contributed by atoms with van der Waals surface area (Å²) in [5.41, 5.74) is 9.78. The molecule has 0 amide bonds. The van der Waals surface area contributed by atoms with E-state index in [9.17, 15) is 0 Å². The summed E-state index contributed by atoms with van der Waals surface area (Å²) in [6, 6.07) is 10.9. The van der Waals surface area contributed by atoms with Crippen LogP contribution in [0.2, 0.25) is 0 Å². The molecule has 106 valence electrons. The van der Waals surface area contributed by atoms with E-state index < -0.39 is 0 Å². The van der Waals surface area contributed by atoms with Gasteiger partial charge in [-0.25, -0.2) is 0 Å². The molecule has 0 atom stereocenters. The molecule has 1 aliphatic heterocycles. The average Bonchev–Trinajstić information content (AvgIpc) is 2.68. The van der Waals surface area contributed by atoms with Gasteiger partial charge in [-0.1, -0.05) is 24.3 Å². The molecule has 1 aliphatic rings. The SMILES string of the molecule is Cc1oc(CN2CCCc3ccccc3C2)cc1CN. The van der Waals surface area contributed by atoms with E-state index in [1.54, 1.807) is 0 Å². The lowest BCUT2D eigenvalue weighted by molar-refractivity contribution is 0.237. The van der Waals surface area contributed by atoms with Crippen LogP contribution in [0, 0.1) is 6.92 Å². The van der Waals surface area contributed by atoms with E-state index in [-0.39, 0.29) is 0 Å². The molecule has 2 aromatic rings. The minimum atomic E-state index is 0.554. The van der Waals surface area contributed by atoms with Crippen molar-refractivity contribution in [3.8, 4) is 0 Å². The van der Waals surface area contributed by atoms with Crippen molar-refractivity contribution in [3.63, 3.8) is 0 Å². The molecule has 0 bridgehead atoms. The van der Waals surface area contributed by atoms with Crippen LogP contribution in [-0.2, 0) is 26.1 Å². The number of furan rings is 1. The first-order valence-corrected chi connectivity index (χ1v) is 7.33. The predicted octanol–water partition coefficient (Wildman–Crippen LogP) is 3.00. The Labute approximate surface area is 120 Å². The summed E-state index contributed by atoms with van der Waals surface area (Å²) in [5, 5.41) is 0. The largest absolute Gasteiger partial charge is 0.465 e. The number of hydrogen-bond acceptors (Lipinski definition) is 3. The Morgan fingerprint density at radius 1 is 1.25 bits per heavy atom. The third-order valence-corrected chi connectivity index (χ3v) is 4.10. The molecule has 0 aliphatic carbocycles. The van der Waals surface area contributed by atoms with E-state index in [4.69, 9.17) is 10.2 Å². The second kappa shape index (κ2) is 5.81. The zero-order valence-corrected chi connectivity index (χ0v) is 12.1. The van der Waals surface area contributed by atoms with Crippen LogP contribution in [0.4, 0.5) is 0 Å². The van der Waals surface area contributed by atoms with Gasteiger partial charge < -0.3 is 10.2 Å². The van der Waals surface area contributed by atoms with E-state index in [2.05, 4.69) is 35.2 Å². The molecular formula is C17H22N2O. The molecular weight excluding hydrogens is 248 g/mol. The Hall–Kier alpha value is -1.58. The molecule has 3 rings (SSSR count). The summed E-state index contributed by atoms with van der Waals surface area (Å²) < 4.78 is 5.82. The Morgan fingerprint density at radius 3 is 2.80 bits per heavy atom. The van der Waals surface area contributed by atoms with E-state index in [1.165, 1.54) is 24.0 Å². The number of aryl methyl sites for hydroxylation is 2. The van der Waals surface area contributed by atoms with E-state index in [0.717, 1.165) is 36.7 Å². The van der Waals surface area contributed by atoms with Gasteiger partial charge in [0.2, 0.25) is 0 Å². The highest BCUT2D eigenvalue weighted by Crippen LogP contribution is 2.21. The first-order chi connectivity index (χ1) is 9.76. The van der Waals surface area contributed by atoms with E-state index in [1.807, 2.05) is 6.92 Å². The van der Waals surface area contributed by atoms with Crippen LogP contribution in [0.1, 0.15) is 34.6 Å². The number of hydrogen-bond donors (Lipinski definition) is 1. The molecule has 3 heteroatoms. The summed E-state index contributed by atoms with van der Waals surface area (Å²) >= 11 is 0. The van der Waals surface area contributed by atoms with Crippen LogP contribution in [0.5, 0.6) is 0 Å². The molecule has 20 heavy (non-hydrogen) atoms. The Kier molecular flexibility index (Phi) is 3.90. The molecule has 1 aromatic carbocycles. The normalized spacial score (nSPS) is 15.9. The Balaban J connectivity index is 1.74. The third-order valence-electron chi connectivity index (χ3n) is 4.10. The van der Waals surface area contributed by atoms with Gasteiger partial charge >= 0.3 is 0 Å². The van der Waals surface area contributed by atoms with Crippen molar-refractivity contribution < 1.29 is 4.42 Å². The maximum absolute atomic E-state index is 5.82. The van der Waals surface area contributed by atoms with Crippen LogP contribution in [-0.4, -0.2) is 11.4 Å². The van der Waals surface area contributed by atoms with Gasteiger partial charge in [-0.3, -0.25) is 4.90 Å². The molecule has 0 saturated carbocycles. The standard InChI is InChI=1S/C17H22N2O/c1-13-16(10-18)9-17(20-13)12-19-8-4-7-14-5-2-3-6-15(14)11-19/h2-3,5-6,9H,4,7-8,10-12,18H2,1H3. The predicted molar refractivity (Wildman–Crippen MR) is 80.2 cm³/mol. The van der Waals surface area contributed by atoms with E-state index in [0.29, 0.717) is 6.54 Å². The molecule has 0 unspecified atom stereocenters. The highest BCUT2D eigenvalue weighted by atomic mass is 16.3. The fraction of sp³-hybridized carbons (Fsp3) is 0.412. The topological polar surface area (TPSA) is 42.4 Å². The van der Waals surface area contributed by atoms with Crippen LogP contribution in [0.15, 0.2) is 34.7 Å².